The number of ether oxygens (including phenoxy) is 1. The van der Waals surface area contributed by atoms with E-state index in [2.05, 4.69) is 32.3 Å². The van der Waals surface area contributed by atoms with Crippen LogP contribution in [0, 0.1) is 0 Å². The molecular weight excluding hydrogens is 628 g/mol. The Morgan fingerprint density at radius 3 is 2.25 bits per heavy atom. The first-order valence-corrected chi connectivity index (χ1v) is 17.8. The summed E-state index contributed by atoms with van der Waals surface area (Å²) in [5.74, 6) is -0.405. The summed E-state index contributed by atoms with van der Waals surface area (Å²) in [7, 11) is 0.178. The number of quaternary nitrogens is 1. The normalized spacial score (nSPS) is 14.4. The van der Waals surface area contributed by atoms with Gasteiger partial charge in [0.05, 0.1) is 32.0 Å². The molecule has 1 heterocycles. The summed E-state index contributed by atoms with van der Waals surface area (Å²) < 4.78 is 38.9. The largest absolute Gasteiger partial charge is 0.493 e. The molecule has 10 heteroatoms. The Labute approximate surface area is 283 Å². The summed E-state index contributed by atoms with van der Waals surface area (Å²) in [6.07, 6.45) is 15.1. The monoisotopic (exact) mass is 673 g/mol. The van der Waals surface area contributed by atoms with Gasteiger partial charge in [-0.3, -0.25) is 23.5 Å². The van der Waals surface area contributed by atoms with E-state index in [1.54, 1.807) is 11.1 Å². The van der Waals surface area contributed by atoms with E-state index in [1.165, 1.54) is 6.92 Å². The molecule has 1 aliphatic heterocycles. The van der Waals surface area contributed by atoms with Crippen LogP contribution >= 0.6 is 0 Å². The average molecular weight is 674 g/mol. The number of hydrogen-bond donors (Lipinski definition) is 2. The van der Waals surface area contributed by atoms with Gasteiger partial charge in [0.2, 0.25) is 5.91 Å². The van der Waals surface area contributed by atoms with Crippen molar-refractivity contribution in [2.24, 2.45) is 0 Å². The number of para-hydroxylation sites is 1. The van der Waals surface area contributed by atoms with Gasteiger partial charge in [0.1, 0.15) is 17.1 Å². The zero-order valence-corrected chi connectivity index (χ0v) is 28.7. The number of carbonyl (C=O) groups is 2. The van der Waals surface area contributed by atoms with E-state index < -0.39 is 16.1 Å². The Balaban J connectivity index is 1.64. The number of allylic oxidation sites excluding steroid dienone is 6. The Hall–Kier alpha value is -4.51. The Kier molecular flexibility index (Phi) is 12.5. The molecule has 3 aromatic rings. The van der Waals surface area contributed by atoms with Gasteiger partial charge >= 0.3 is 5.97 Å². The van der Waals surface area contributed by atoms with Gasteiger partial charge in [-0.15, -0.1) is 0 Å². The van der Waals surface area contributed by atoms with E-state index in [0.717, 1.165) is 57.6 Å². The van der Waals surface area contributed by atoms with Crippen LogP contribution in [-0.2, 0) is 19.7 Å². The first-order valence-electron chi connectivity index (χ1n) is 16.2. The van der Waals surface area contributed by atoms with Crippen molar-refractivity contribution in [1.29, 1.82) is 0 Å². The first kappa shape index (κ1) is 36.3. The Bertz CT molecular complexity index is 1840. The highest BCUT2D eigenvalue weighted by Crippen LogP contribution is 2.51. The van der Waals surface area contributed by atoms with Crippen molar-refractivity contribution in [1.82, 2.24) is 4.48 Å². The number of carboxylic acids is 1. The van der Waals surface area contributed by atoms with Crippen molar-refractivity contribution < 1.29 is 32.4 Å². The number of likely N-dealkylation sites (N-methyl/N-ethyl adjacent to an activating group) is 1. The number of fused-ring (bicyclic) bond motifs is 3. The third-order valence-corrected chi connectivity index (χ3v) is 9.17. The van der Waals surface area contributed by atoms with Gasteiger partial charge in [0.15, 0.2) is 0 Å². The van der Waals surface area contributed by atoms with Crippen LogP contribution in [0.15, 0.2) is 103 Å². The predicted molar refractivity (Wildman–Crippen MR) is 193 cm³/mol. The molecule has 1 amide bonds. The third kappa shape index (κ3) is 9.53. The lowest BCUT2D eigenvalue weighted by molar-refractivity contribution is -0.137. The number of carbonyl (C=O) groups excluding carboxylic acids is 1. The fourth-order valence-corrected chi connectivity index (χ4v) is 6.61. The quantitative estimate of drug-likeness (QED) is 0.0647. The number of amides is 1. The molecule has 254 valence electrons. The molecule has 2 N–H and O–H groups in total. The molecular formula is C38H45N2O7S+. The second-order valence-electron chi connectivity index (χ2n) is 12.2. The SMILES string of the molecule is CC(=O)N(C=CC=CC=CC1=C(CCCCS(=O)(=O)O)c2c(cc(OCCCCCC(=O)O)c3ccccc23)[N+]1(C)C)c1ccccc1. The minimum absolute atomic E-state index is 0.0956. The van der Waals surface area contributed by atoms with Crippen LogP contribution in [0.1, 0.15) is 57.4 Å². The van der Waals surface area contributed by atoms with Crippen LogP contribution in [0.5, 0.6) is 5.75 Å². The molecule has 4 rings (SSSR count). The minimum Gasteiger partial charge on any atom is -0.493 e. The van der Waals surface area contributed by atoms with Crippen molar-refractivity contribution in [2.45, 2.75) is 51.9 Å². The summed E-state index contributed by atoms with van der Waals surface area (Å²) in [5, 5.41) is 10.9. The predicted octanol–water partition coefficient (Wildman–Crippen LogP) is 7.89. The molecule has 0 radical (unpaired) electrons. The van der Waals surface area contributed by atoms with Crippen molar-refractivity contribution >= 4 is 49.7 Å². The van der Waals surface area contributed by atoms with Crippen molar-refractivity contribution in [3.05, 3.63) is 109 Å². The van der Waals surface area contributed by atoms with Gasteiger partial charge in [-0.05, 0) is 68.2 Å². The number of aliphatic carboxylic acids is 1. The van der Waals surface area contributed by atoms with Gasteiger partial charge in [0.25, 0.3) is 10.1 Å². The van der Waals surface area contributed by atoms with E-state index in [1.807, 2.05) is 72.8 Å². The van der Waals surface area contributed by atoms with E-state index in [-0.39, 0.29) is 18.1 Å². The molecule has 0 saturated heterocycles. The van der Waals surface area contributed by atoms with Crippen LogP contribution in [0.25, 0.3) is 16.3 Å². The molecule has 0 spiro atoms. The molecule has 3 aromatic carbocycles. The maximum atomic E-state index is 12.2. The van der Waals surface area contributed by atoms with Crippen LogP contribution in [-0.4, -0.2) is 56.4 Å². The molecule has 0 bridgehead atoms. The average Bonchev–Trinajstić information content (AvgIpc) is 3.25. The maximum Gasteiger partial charge on any atom is 0.303 e. The third-order valence-electron chi connectivity index (χ3n) is 8.37. The molecule has 48 heavy (non-hydrogen) atoms. The van der Waals surface area contributed by atoms with Crippen molar-refractivity contribution in [3.63, 3.8) is 0 Å². The number of rotatable bonds is 17. The lowest BCUT2D eigenvalue weighted by Gasteiger charge is -2.27. The first-order chi connectivity index (χ1) is 22.9. The fourth-order valence-electron chi connectivity index (χ4n) is 6.04. The van der Waals surface area contributed by atoms with E-state index in [4.69, 9.17) is 9.84 Å². The summed E-state index contributed by atoms with van der Waals surface area (Å²) in [6.45, 7) is 1.99. The van der Waals surface area contributed by atoms with Crippen molar-refractivity contribution in [2.75, 3.05) is 31.4 Å². The number of carboxylic acid groups (broad SMARTS) is 1. The molecule has 0 atom stereocenters. The molecule has 0 aromatic heterocycles. The summed E-state index contributed by atoms with van der Waals surface area (Å²) in [6, 6.07) is 19.6. The van der Waals surface area contributed by atoms with Gasteiger partial charge in [0, 0.05) is 42.3 Å². The highest BCUT2D eigenvalue weighted by molar-refractivity contribution is 7.85. The lowest BCUT2D eigenvalue weighted by atomic mass is 9.94. The maximum absolute atomic E-state index is 12.2. The Morgan fingerprint density at radius 2 is 1.56 bits per heavy atom. The number of anilines is 1. The fraction of sp³-hybridized carbons (Fsp3) is 0.316. The van der Waals surface area contributed by atoms with Crippen LogP contribution in [0.3, 0.4) is 0 Å². The number of nitrogens with zero attached hydrogens (tertiary/aromatic N) is 2. The molecule has 1 aliphatic rings. The standard InChI is InChI=1S/C38H44N2O7S/c1-29(41)39(30-18-8-6-9-19-30)25-15-5-4-10-23-34-33(22-14-17-27-48(44,45)46)38-32-21-13-12-20-31(32)36(28-35(38)40(34,2)3)47-26-16-7-11-24-37(42)43/h4-6,8-10,12-13,15,18-21,23,25,28H,7,11,14,16-17,22,24,26-27H2,1-3H3,(H-,42,43,44,45,46)/p+1. The summed E-state index contributed by atoms with van der Waals surface area (Å²) >= 11 is 0. The number of unbranched alkanes of at least 4 members (excludes halogenated alkanes) is 3. The Morgan fingerprint density at radius 1 is 0.875 bits per heavy atom. The number of benzene rings is 3. The molecule has 9 nitrogen and oxygen atoms in total. The van der Waals surface area contributed by atoms with E-state index in [9.17, 15) is 22.6 Å². The molecule has 0 aliphatic carbocycles. The van der Waals surface area contributed by atoms with Gasteiger partial charge in [-0.1, -0.05) is 60.7 Å². The van der Waals surface area contributed by atoms with E-state index in [0.29, 0.717) is 36.8 Å². The van der Waals surface area contributed by atoms with Gasteiger partial charge < -0.3 is 9.84 Å². The van der Waals surface area contributed by atoms with Crippen molar-refractivity contribution in [3.8, 4) is 5.75 Å². The van der Waals surface area contributed by atoms with Gasteiger partial charge in [-0.25, -0.2) is 0 Å². The zero-order valence-electron chi connectivity index (χ0n) is 27.8. The summed E-state index contributed by atoms with van der Waals surface area (Å²) in [5.41, 5.74) is 5.10. The molecule has 0 fully saturated rings. The zero-order chi connectivity index (χ0) is 34.7. The minimum atomic E-state index is -4.05. The van der Waals surface area contributed by atoms with Crippen LogP contribution in [0.4, 0.5) is 11.4 Å². The molecule has 0 saturated carbocycles. The van der Waals surface area contributed by atoms with Gasteiger partial charge in [-0.2, -0.15) is 8.42 Å². The second-order valence-corrected chi connectivity index (χ2v) is 13.8. The lowest BCUT2D eigenvalue weighted by Crippen LogP contribution is -2.36. The second kappa shape index (κ2) is 16.5. The highest BCUT2D eigenvalue weighted by Gasteiger charge is 2.40. The smallest absolute Gasteiger partial charge is 0.303 e. The topological polar surface area (TPSA) is 121 Å². The molecule has 0 unspecified atom stereocenters. The van der Waals surface area contributed by atoms with E-state index >= 15 is 0 Å². The highest BCUT2D eigenvalue weighted by atomic mass is 32.2. The van der Waals surface area contributed by atoms with Crippen LogP contribution < -0.4 is 14.1 Å². The summed E-state index contributed by atoms with van der Waals surface area (Å²) in [4.78, 5) is 24.6. The number of hydrogen-bond acceptors (Lipinski definition) is 5. The van der Waals surface area contributed by atoms with Crippen LogP contribution in [0.2, 0.25) is 0 Å².